The van der Waals surface area contributed by atoms with E-state index in [2.05, 4.69) is 20.9 Å². The van der Waals surface area contributed by atoms with Crippen LogP contribution >= 0.6 is 15.9 Å². The summed E-state index contributed by atoms with van der Waals surface area (Å²) in [6.45, 7) is 1.97. The molecule has 0 N–H and O–H groups in total. The van der Waals surface area contributed by atoms with Crippen LogP contribution in [0, 0.1) is 5.82 Å². The van der Waals surface area contributed by atoms with Gasteiger partial charge in [-0.05, 0) is 50.1 Å². The lowest BCUT2D eigenvalue weighted by Crippen LogP contribution is -2.36. The van der Waals surface area contributed by atoms with Gasteiger partial charge in [0.25, 0.3) is 5.91 Å². The molecule has 2 aromatic rings. The summed E-state index contributed by atoms with van der Waals surface area (Å²) in [4.78, 5) is 19.0. The molecule has 0 spiro atoms. The van der Waals surface area contributed by atoms with Crippen molar-refractivity contribution in [1.82, 2.24) is 9.88 Å². The minimum Gasteiger partial charge on any atom is -0.327 e. The lowest BCUT2D eigenvalue weighted by molar-refractivity contribution is 0.0669. The van der Waals surface area contributed by atoms with Gasteiger partial charge in [0.2, 0.25) is 0 Å². The van der Waals surface area contributed by atoms with Crippen molar-refractivity contribution in [1.29, 1.82) is 0 Å². The fourth-order valence-corrected chi connectivity index (χ4v) is 3.07. The van der Waals surface area contributed by atoms with Gasteiger partial charge < -0.3 is 4.90 Å². The number of benzene rings is 1. The highest BCUT2D eigenvalue weighted by Gasteiger charge is 2.37. The zero-order chi connectivity index (χ0) is 15.7. The number of rotatable bonds is 4. The fraction of sp³-hybridized carbons (Fsp3) is 0.294. The van der Waals surface area contributed by atoms with Crippen LogP contribution in [0.2, 0.25) is 0 Å². The van der Waals surface area contributed by atoms with Crippen LogP contribution < -0.4 is 0 Å². The third kappa shape index (κ3) is 3.19. The first-order chi connectivity index (χ1) is 10.6. The van der Waals surface area contributed by atoms with Gasteiger partial charge in [-0.25, -0.2) is 4.39 Å². The SMILES string of the molecule is CC(c1ccccn1)N(C(=O)c1cc(F)cc(Br)c1)C1CC1. The van der Waals surface area contributed by atoms with E-state index in [1.807, 2.05) is 30.0 Å². The van der Waals surface area contributed by atoms with Gasteiger partial charge in [0.1, 0.15) is 5.82 Å². The quantitative estimate of drug-likeness (QED) is 0.809. The summed E-state index contributed by atoms with van der Waals surface area (Å²) in [6, 6.07) is 10.0. The number of carbonyl (C=O) groups excluding carboxylic acids is 1. The Morgan fingerprint density at radius 2 is 2.14 bits per heavy atom. The predicted octanol–water partition coefficient (Wildman–Crippen LogP) is 4.35. The van der Waals surface area contributed by atoms with Crippen LogP contribution in [-0.2, 0) is 0 Å². The van der Waals surface area contributed by atoms with Gasteiger partial charge in [-0.3, -0.25) is 9.78 Å². The first kappa shape index (κ1) is 15.2. The van der Waals surface area contributed by atoms with Crippen molar-refractivity contribution in [3.63, 3.8) is 0 Å². The summed E-state index contributed by atoms with van der Waals surface area (Å²) in [7, 11) is 0. The molecule has 1 fully saturated rings. The Kier molecular flexibility index (Phi) is 4.25. The van der Waals surface area contributed by atoms with Crippen LogP contribution in [0.1, 0.15) is 41.9 Å². The molecule has 1 aromatic carbocycles. The van der Waals surface area contributed by atoms with E-state index in [1.54, 1.807) is 12.3 Å². The van der Waals surface area contributed by atoms with Crippen LogP contribution in [0.4, 0.5) is 4.39 Å². The van der Waals surface area contributed by atoms with E-state index in [9.17, 15) is 9.18 Å². The number of hydrogen-bond donors (Lipinski definition) is 0. The zero-order valence-corrected chi connectivity index (χ0v) is 13.8. The maximum absolute atomic E-state index is 13.6. The first-order valence-electron chi connectivity index (χ1n) is 7.26. The zero-order valence-electron chi connectivity index (χ0n) is 12.2. The van der Waals surface area contributed by atoms with E-state index >= 15 is 0 Å². The van der Waals surface area contributed by atoms with Gasteiger partial charge in [0, 0.05) is 22.3 Å². The molecule has 1 heterocycles. The number of aromatic nitrogens is 1. The molecule has 0 radical (unpaired) electrons. The van der Waals surface area contributed by atoms with Crippen LogP contribution in [0.5, 0.6) is 0 Å². The summed E-state index contributed by atoms with van der Waals surface area (Å²) < 4.78 is 14.1. The van der Waals surface area contributed by atoms with Crippen molar-refractivity contribution < 1.29 is 9.18 Å². The van der Waals surface area contributed by atoms with Crippen LogP contribution in [0.3, 0.4) is 0 Å². The highest BCUT2D eigenvalue weighted by atomic mass is 79.9. The lowest BCUT2D eigenvalue weighted by Gasteiger charge is -2.29. The first-order valence-corrected chi connectivity index (χ1v) is 8.05. The molecule has 1 amide bonds. The molecule has 22 heavy (non-hydrogen) atoms. The molecule has 5 heteroatoms. The minimum absolute atomic E-state index is 0.136. The van der Waals surface area contributed by atoms with Crippen molar-refractivity contribution >= 4 is 21.8 Å². The van der Waals surface area contributed by atoms with Crippen LogP contribution in [0.25, 0.3) is 0 Å². The van der Waals surface area contributed by atoms with Crippen LogP contribution in [0.15, 0.2) is 47.1 Å². The van der Waals surface area contributed by atoms with E-state index in [4.69, 9.17) is 0 Å². The van der Waals surface area contributed by atoms with E-state index in [-0.39, 0.29) is 18.0 Å². The third-order valence-corrected chi connectivity index (χ3v) is 4.28. The van der Waals surface area contributed by atoms with Crippen molar-refractivity contribution in [2.45, 2.75) is 31.8 Å². The van der Waals surface area contributed by atoms with Crippen molar-refractivity contribution in [2.24, 2.45) is 0 Å². The van der Waals surface area contributed by atoms with Gasteiger partial charge in [-0.1, -0.05) is 22.0 Å². The molecular weight excluding hydrogens is 347 g/mol. The summed E-state index contributed by atoms with van der Waals surface area (Å²) in [5.74, 6) is -0.570. The normalized spacial score (nSPS) is 15.4. The molecule has 0 aliphatic heterocycles. The van der Waals surface area contributed by atoms with E-state index in [0.29, 0.717) is 10.0 Å². The number of hydrogen-bond acceptors (Lipinski definition) is 2. The molecule has 3 rings (SSSR count). The van der Waals surface area contributed by atoms with Crippen molar-refractivity contribution in [3.8, 4) is 0 Å². The maximum atomic E-state index is 13.6. The summed E-state index contributed by atoms with van der Waals surface area (Å²) in [5.41, 5.74) is 1.21. The number of pyridine rings is 1. The summed E-state index contributed by atoms with van der Waals surface area (Å²) >= 11 is 3.24. The second-order valence-corrected chi connectivity index (χ2v) is 6.45. The minimum atomic E-state index is -0.418. The monoisotopic (exact) mass is 362 g/mol. The maximum Gasteiger partial charge on any atom is 0.254 e. The van der Waals surface area contributed by atoms with Gasteiger partial charge >= 0.3 is 0 Å². The average Bonchev–Trinajstić information content (AvgIpc) is 3.32. The predicted molar refractivity (Wildman–Crippen MR) is 85.9 cm³/mol. The summed E-state index contributed by atoms with van der Waals surface area (Å²) in [5, 5.41) is 0. The molecule has 1 saturated carbocycles. The Morgan fingerprint density at radius 1 is 1.36 bits per heavy atom. The van der Waals surface area contributed by atoms with Crippen molar-refractivity contribution in [2.75, 3.05) is 0 Å². The topological polar surface area (TPSA) is 33.2 Å². The highest BCUT2D eigenvalue weighted by Crippen LogP contribution is 2.35. The molecule has 3 nitrogen and oxygen atoms in total. The Morgan fingerprint density at radius 3 is 2.73 bits per heavy atom. The highest BCUT2D eigenvalue weighted by molar-refractivity contribution is 9.10. The molecule has 1 aliphatic carbocycles. The molecule has 1 aromatic heterocycles. The lowest BCUT2D eigenvalue weighted by atomic mass is 10.1. The number of carbonyl (C=O) groups is 1. The van der Waals surface area contributed by atoms with Gasteiger partial charge in [0.15, 0.2) is 0 Å². The molecule has 1 unspecified atom stereocenters. The van der Waals surface area contributed by atoms with Gasteiger partial charge in [-0.15, -0.1) is 0 Å². The largest absolute Gasteiger partial charge is 0.327 e. The van der Waals surface area contributed by atoms with Crippen LogP contribution in [-0.4, -0.2) is 21.8 Å². The molecule has 114 valence electrons. The number of amides is 1. The fourth-order valence-electron chi connectivity index (χ4n) is 2.60. The van der Waals surface area contributed by atoms with Crippen molar-refractivity contribution in [3.05, 3.63) is 64.1 Å². The second kappa shape index (κ2) is 6.16. The van der Waals surface area contributed by atoms with Gasteiger partial charge in [0.05, 0.1) is 11.7 Å². The van der Waals surface area contributed by atoms with E-state index < -0.39 is 5.82 Å². The molecule has 1 aliphatic rings. The Bertz CT molecular complexity index is 668. The van der Waals surface area contributed by atoms with E-state index in [0.717, 1.165) is 18.5 Å². The number of halogens is 2. The third-order valence-electron chi connectivity index (χ3n) is 3.82. The Hall–Kier alpha value is -1.75. The molecule has 1 atom stereocenters. The second-order valence-electron chi connectivity index (χ2n) is 5.53. The van der Waals surface area contributed by atoms with Gasteiger partial charge in [-0.2, -0.15) is 0 Å². The molecular formula is C17H16BrFN2O. The molecule has 0 saturated heterocycles. The average molecular weight is 363 g/mol. The summed E-state index contributed by atoms with van der Waals surface area (Å²) in [6.07, 6.45) is 3.69. The Balaban J connectivity index is 1.92. The Labute approximate surface area is 137 Å². The smallest absolute Gasteiger partial charge is 0.254 e. The molecule has 0 bridgehead atoms. The standard InChI is InChI=1S/C17H16BrFN2O/c1-11(16-4-2-3-7-20-16)21(15-5-6-15)17(22)12-8-13(18)10-14(19)9-12/h2-4,7-11,15H,5-6H2,1H3. The number of nitrogens with zero attached hydrogens (tertiary/aromatic N) is 2. The van der Waals surface area contributed by atoms with E-state index in [1.165, 1.54) is 12.1 Å².